The summed E-state index contributed by atoms with van der Waals surface area (Å²) >= 11 is 0. The Labute approximate surface area is 90.6 Å². The number of benzene rings is 1. The number of hydrogen-bond acceptors (Lipinski definition) is 2. The van der Waals surface area contributed by atoms with Gasteiger partial charge in [-0.2, -0.15) is 0 Å². The zero-order valence-corrected chi connectivity index (χ0v) is 9.71. The summed E-state index contributed by atoms with van der Waals surface area (Å²) in [7, 11) is -3.29. The number of hydrogen-bond donors (Lipinski definition) is 1. The van der Waals surface area contributed by atoms with Crippen molar-refractivity contribution in [2.45, 2.75) is 31.2 Å². The fourth-order valence-electron chi connectivity index (χ4n) is 1.85. The molecule has 1 atom stereocenters. The molecule has 4 heteroatoms. The van der Waals surface area contributed by atoms with Gasteiger partial charge in [-0.15, -0.1) is 0 Å². The molecule has 0 aromatic heterocycles. The lowest BCUT2D eigenvalue weighted by Crippen LogP contribution is -2.44. The highest BCUT2D eigenvalue weighted by Gasteiger charge is 2.30. The van der Waals surface area contributed by atoms with Crippen molar-refractivity contribution in [2.24, 2.45) is 5.92 Å². The van der Waals surface area contributed by atoms with Crippen molar-refractivity contribution < 1.29 is 8.42 Å². The first-order valence-electron chi connectivity index (χ1n) is 5.11. The van der Waals surface area contributed by atoms with Gasteiger partial charge in [0.15, 0.2) is 0 Å². The van der Waals surface area contributed by atoms with Gasteiger partial charge in [0, 0.05) is 6.04 Å². The molecule has 0 fully saturated rings. The molecule has 1 unspecified atom stereocenters. The predicted molar refractivity (Wildman–Crippen MR) is 59.1 cm³/mol. The molecule has 0 spiro atoms. The Morgan fingerprint density at radius 1 is 1.33 bits per heavy atom. The molecule has 0 saturated heterocycles. The lowest BCUT2D eigenvalue weighted by Gasteiger charge is -2.28. The maximum Gasteiger partial charge on any atom is 0.241 e. The molecule has 0 amide bonds. The Balaban J connectivity index is 2.49. The molecule has 0 bridgehead atoms. The van der Waals surface area contributed by atoms with Crippen LogP contribution in [0.15, 0.2) is 29.2 Å². The van der Waals surface area contributed by atoms with Gasteiger partial charge in [-0.05, 0) is 24.0 Å². The molecule has 15 heavy (non-hydrogen) atoms. The first kappa shape index (κ1) is 10.6. The molecule has 1 heterocycles. The summed E-state index contributed by atoms with van der Waals surface area (Å²) in [5, 5.41) is 0. The van der Waals surface area contributed by atoms with Crippen LogP contribution in [0.25, 0.3) is 0 Å². The van der Waals surface area contributed by atoms with Crippen molar-refractivity contribution in [3.05, 3.63) is 29.8 Å². The van der Waals surface area contributed by atoms with Gasteiger partial charge in [0.2, 0.25) is 10.0 Å². The standard InChI is InChI=1S/C11H15NO2S/c1-8(2)10-7-9-5-3-4-6-11(9)15(13,14)12-10/h3-6,8,10,12H,7H2,1-2H3. The molecule has 1 aromatic carbocycles. The molecular formula is C11H15NO2S. The van der Waals surface area contributed by atoms with Crippen molar-refractivity contribution in [3.8, 4) is 0 Å². The molecule has 1 N–H and O–H groups in total. The Morgan fingerprint density at radius 3 is 2.67 bits per heavy atom. The molecule has 3 nitrogen and oxygen atoms in total. The van der Waals surface area contributed by atoms with Crippen molar-refractivity contribution >= 4 is 10.0 Å². The summed E-state index contributed by atoms with van der Waals surface area (Å²) in [4.78, 5) is 0.432. The van der Waals surface area contributed by atoms with Crippen LogP contribution < -0.4 is 4.72 Å². The Bertz CT molecular complexity index is 465. The van der Waals surface area contributed by atoms with Gasteiger partial charge in [0.25, 0.3) is 0 Å². The third-order valence-corrected chi connectivity index (χ3v) is 4.40. The van der Waals surface area contributed by atoms with Gasteiger partial charge < -0.3 is 0 Å². The van der Waals surface area contributed by atoms with E-state index in [1.807, 2.05) is 26.0 Å². The highest BCUT2D eigenvalue weighted by Crippen LogP contribution is 2.24. The molecular weight excluding hydrogens is 210 g/mol. The summed E-state index contributed by atoms with van der Waals surface area (Å²) in [6.45, 7) is 4.06. The van der Waals surface area contributed by atoms with Crippen LogP contribution in [-0.2, 0) is 16.4 Å². The Kier molecular flexibility index (Phi) is 2.56. The van der Waals surface area contributed by atoms with Crippen LogP contribution in [0.5, 0.6) is 0 Å². The second-order valence-electron chi connectivity index (χ2n) is 4.28. The van der Waals surface area contributed by atoms with Crippen LogP contribution >= 0.6 is 0 Å². The minimum atomic E-state index is -3.29. The fourth-order valence-corrected chi connectivity index (χ4v) is 3.48. The maximum absolute atomic E-state index is 11.9. The van der Waals surface area contributed by atoms with E-state index in [1.165, 1.54) is 0 Å². The molecule has 1 aliphatic rings. The predicted octanol–water partition coefficient (Wildman–Crippen LogP) is 1.55. The van der Waals surface area contributed by atoms with Crippen LogP contribution in [0, 0.1) is 5.92 Å². The summed E-state index contributed by atoms with van der Waals surface area (Å²) < 4.78 is 26.5. The van der Waals surface area contributed by atoms with Gasteiger partial charge in [-0.1, -0.05) is 32.0 Å². The summed E-state index contributed by atoms with van der Waals surface area (Å²) in [5.41, 5.74) is 0.926. The lowest BCUT2D eigenvalue weighted by atomic mass is 9.97. The highest BCUT2D eigenvalue weighted by molar-refractivity contribution is 7.89. The van der Waals surface area contributed by atoms with Crippen LogP contribution in [0.1, 0.15) is 19.4 Å². The molecule has 1 aliphatic heterocycles. The van der Waals surface area contributed by atoms with E-state index in [2.05, 4.69) is 4.72 Å². The summed E-state index contributed by atoms with van der Waals surface area (Å²) in [6, 6.07) is 7.21. The van der Waals surface area contributed by atoms with Gasteiger partial charge >= 0.3 is 0 Å². The van der Waals surface area contributed by atoms with E-state index in [0.717, 1.165) is 12.0 Å². The third-order valence-electron chi connectivity index (χ3n) is 2.81. The van der Waals surface area contributed by atoms with E-state index in [1.54, 1.807) is 12.1 Å². The maximum atomic E-state index is 11.9. The van der Waals surface area contributed by atoms with E-state index >= 15 is 0 Å². The second-order valence-corrected chi connectivity index (χ2v) is 5.97. The quantitative estimate of drug-likeness (QED) is 0.788. The SMILES string of the molecule is CC(C)C1Cc2ccccc2S(=O)(=O)N1. The van der Waals surface area contributed by atoms with Crippen molar-refractivity contribution in [2.75, 3.05) is 0 Å². The number of sulfonamides is 1. The third kappa shape index (κ3) is 1.92. The van der Waals surface area contributed by atoms with Crippen LogP contribution in [0.4, 0.5) is 0 Å². The first-order valence-corrected chi connectivity index (χ1v) is 6.59. The average Bonchev–Trinajstić information content (AvgIpc) is 2.16. The van der Waals surface area contributed by atoms with Crippen molar-refractivity contribution in [1.29, 1.82) is 0 Å². The van der Waals surface area contributed by atoms with Gasteiger partial charge in [-0.3, -0.25) is 0 Å². The fraction of sp³-hybridized carbons (Fsp3) is 0.455. The lowest BCUT2D eigenvalue weighted by molar-refractivity contribution is 0.432. The van der Waals surface area contributed by atoms with Crippen molar-refractivity contribution in [3.63, 3.8) is 0 Å². The molecule has 1 aromatic rings. The van der Waals surface area contributed by atoms with Crippen LogP contribution in [0.2, 0.25) is 0 Å². The smallest absolute Gasteiger partial charge is 0.207 e. The minimum absolute atomic E-state index is 0.0184. The number of fused-ring (bicyclic) bond motifs is 1. The molecule has 82 valence electrons. The normalized spacial score (nSPS) is 23.8. The zero-order chi connectivity index (χ0) is 11.1. The van der Waals surface area contributed by atoms with Crippen LogP contribution in [-0.4, -0.2) is 14.5 Å². The Hall–Kier alpha value is -0.870. The largest absolute Gasteiger partial charge is 0.241 e. The van der Waals surface area contributed by atoms with E-state index in [4.69, 9.17) is 0 Å². The van der Waals surface area contributed by atoms with Gasteiger partial charge in [-0.25, -0.2) is 13.1 Å². The molecule has 0 saturated carbocycles. The number of nitrogens with one attached hydrogen (secondary N) is 1. The van der Waals surface area contributed by atoms with Gasteiger partial charge in [0.05, 0.1) is 4.90 Å². The second kappa shape index (κ2) is 3.61. The van der Waals surface area contributed by atoms with Crippen molar-refractivity contribution in [1.82, 2.24) is 4.72 Å². The molecule has 2 rings (SSSR count). The average molecular weight is 225 g/mol. The van der Waals surface area contributed by atoms with Crippen LogP contribution in [0.3, 0.4) is 0 Å². The van der Waals surface area contributed by atoms with E-state index in [-0.39, 0.29) is 6.04 Å². The molecule has 0 radical (unpaired) electrons. The number of rotatable bonds is 1. The van der Waals surface area contributed by atoms with E-state index < -0.39 is 10.0 Å². The molecule has 0 aliphatic carbocycles. The first-order chi connectivity index (χ1) is 7.00. The minimum Gasteiger partial charge on any atom is -0.207 e. The highest BCUT2D eigenvalue weighted by atomic mass is 32.2. The Morgan fingerprint density at radius 2 is 2.00 bits per heavy atom. The summed E-state index contributed by atoms with van der Waals surface area (Å²) in [5.74, 6) is 0.313. The zero-order valence-electron chi connectivity index (χ0n) is 8.90. The topological polar surface area (TPSA) is 46.2 Å². The van der Waals surface area contributed by atoms with E-state index in [9.17, 15) is 8.42 Å². The van der Waals surface area contributed by atoms with Gasteiger partial charge in [0.1, 0.15) is 0 Å². The monoisotopic (exact) mass is 225 g/mol. The van der Waals surface area contributed by atoms with E-state index in [0.29, 0.717) is 10.8 Å². The summed E-state index contributed by atoms with van der Waals surface area (Å²) in [6.07, 6.45) is 0.785.